The highest BCUT2D eigenvalue weighted by Gasteiger charge is 2.24. The van der Waals surface area contributed by atoms with Gasteiger partial charge in [0, 0.05) is 29.8 Å². The Kier molecular flexibility index (Phi) is 4.13. The molecule has 1 aromatic carbocycles. The van der Waals surface area contributed by atoms with Crippen LogP contribution < -0.4 is 5.32 Å². The Bertz CT molecular complexity index is 1090. The van der Waals surface area contributed by atoms with Crippen molar-refractivity contribution in [2.75, 3.05) is 11.9 Å². The summed E-state index contributed by atoms with van der Waals surface area (Å²) in [5.74, 6) is 1.57. The third-order valence-corrected chi connectivity index (χ3v) is 5.46. The number of anilines is 1. The highest BCUT2D eigenvalue weighted by molar-refractivity contribution is 5.92. The Morgan fingerprint density at radius 1 is 1.32 bits per heavy atom. The van der Waals surface area contributed by atoms with Gasteiger partial charge in [-0.15, -0.1) is 0 Å². The molecule has 2 aromatic heterocycles. The summed E-state index contributed by atoms with van der Waals surface area (Å²) in [6.07, 6.45) is 6.81. The van der Waals surface area contributed by atoms with Gasteiger partial charge in [0.25, 0.3) is 0 Å². The number of pyridine rings is 1. The molecule has 6 heteroatoms. The Hall–Kier alpha value is -3.12. The number of fused-ring (bicyclic) bond motifs is 4. The number of rotatable bonds is 2. The standard InChI is InChI=1S/C22H21N3O3/c26-20-7-6-15-11-14(12-23-22(15)24-20)5-8-21(27)25-10-9-17-16-3-1-2-4-18(16)28-19(17)13-25/h1-5,8,11-12,20,26H,6-7,9-10,13H2,(H,23,24)/b8-5+. The lowest BCUT2D eigenvalue weighted by molar-refractivity contribution is -0.127. The first-order valence-corrected chi connectivity index (χ1v) is 9.57. The van der Waals surface area contributed by atoms with Crippen molar-refractivity contribution in [3.63, 3.8) is 0 Å². The van der Waals surface area contributed by atoms with E-state index in [9.17, 15) is 9.90 Å². The number of aromatic nitrogens is 1. The van der Waals surface area contributed by atoms with Crippen LogP contribution >= 0.6 is 0 Å². The van der Waals surface area contributed by atoms with E-state index >= 15 is 0 Å². The average Bonchev–Trinajstić information content (AvgIpc) is 3.09. The van der Waals surface area contributed by atoms with Crippen LogP contribution in [-0.4, -0.2) is 33.7 Å². The number of carbonyl (C=O) groups excluding carboxylic acids is 1. The second kappa shape index (κ2) is 6.80. The van der Waals surface area contributed by atoms with E-state index in [1.807, 2.05) is 29.2 Å². The molecule has 3 aromatic rings. The van der Waals surface area contributed by atoms with E-state index in [0.29, 0.717) is 19.5 Å². The minimum Gasteiger partial charge on any atom is -0.459 e. The predicted octanol–water partition coefficient (Wildman–Crippen LogP) is 3.10. The number of furan rings is 1. The first-order chi connectivity index (χ1) is 13.7. The molecular formula is C22H21N3O3. The van der Waals surface area contributed by atoms with Crippen LogP contribution in [0.4, 0.5) is 5.82 Å². The van der Waals surface area contributed by atoms with E-state index in [0.717, 1.165) is 46.5 Å². The van der Waals surface area contributed by atoms with Crippen molar-refractivity contribution < 1.29 is 14.3 Å². The van der Waals surface area contributed by atoms with Crippen LogP contribution in [-0.2, 0) is 24.2 Å². The molecule has 0 aliphatic carbocycles. The number of para-hydroxylation sites is 1. The number of amides is 1. The predicted molar refractivity (Wildman–Crippen MR) is 107 cm³/mol. The summed E-state index contributed by atoms with van der Waals surface area (Å²) in [6.45, 7) is 1.18. The number of nitrogens with one attached hydrogen (secondary N) is 1. The summed E-state index contributed by atoms with van der Waals surface area (Å²) in [7, 11) is 0. The van der Waals surface area contributed by atoms with Crippen molar-refractivity contribution in [1.29, 1.82) is 0 Å². The van der Waals surface area contributed by atoms with Crippen LogP contribution in [0.2, 0.25) is 0 Å². The highest BCUT2D eigenvalue weighted by atomic mass is 16.3. The molecule has 2 aliphatic rings. The molecule has 142 valence electrons. The molecule has 2 aliphatic heterocycles. The van der Waals surface area contributed by atoms with Crippen molar-refractivity contribution in [2.24, 2.45) is 0 Å². The van der Waals surface area contributed by atoms with E-state index in [4.69, 9.17) is 4.42 Å². The summed E-state index contributed by atoms with van der Waals surface area (Å²) < 4.78 is 5.95. The minimum absolute atomic E-state index is 0.0302. The zero-order valence-electron chi connectivity index (χ0n) is 15.4. The highest BCUT2D eigenvalue weighted by Crippen LogP contribution is 2.30. The van der Waals surface area contributed by atoms with Gasteiger partial charge in [-0.3, -0.25) is 4.79 Å². The number of hydrogen-bond acceptors (Lipinski definition) is 5. The molecule has 1 amide bonds. The first-order valence-electron chi connectivity index (χ1n) is 9.57. The van der Waals surface area contributed by atoms with Crippen LogP contribution in [0.1, 0.15) is 28.9 Å². The van der Waals surface area contributed by atoms with E-state index in [-0.39, 0.29) is 5.91 Å². The molecule has 0 saturated heterocycles. The maximum absolute atomic E-state index is 12.7. The number of hydrogen-bond donors (Lipinski definition) is 2. The Balaban J connectivity index is 1.31. The second-order valence-corrected chi connectivity index (χ2v) is 7.32. The van der Waals surface area contributed by atoms with Crippen molar-refractivity contribution in [1.82, 2.24) is 9.88 Å². The summed E-state index contributed by atoms with van der Waals surface area (Å²) in [6, 6.07) is 10.0. The molecule has 0 spiro atoms. The number of aliphatic hydroxyl groups excluding tert-OH is 1. The second-order valence-electron chi connectivity index (χ2n) is 7.32. The molecule has 4 heterocycles. The van der Waals surface area contributed by atoms with Crippen LogP contribution in [0, 0.1) is 0 Å². The average molecular weight is 375 g/mol. The van der Waals surface area contributed by atoms with Crippen molar-refractivity contribution in [3.05, 3.63) is 65.1 Å². The smallest absolute Gasteiger partial charge is 0.246 e. The first kappa shape index (κ1) is 17.0. The number of nitrogens with zero attached hydrogens (tertiary/aromatic N) is 2. The summed E-state index contributed by atoms with van der Waals surface area (Å²) in [5.41, 5.74) is 4.05. The molecule has 0 bridgehead atoms. The van der Waals surface area contributed by atoms with Crippen LogP contribution in [0.25, 0.3) is 17.0 Å². The van der Waals surface area contributed by atoms with Crippen molar-refractivity contribution in [2.45, 2.75) is 32.0 Å². The van der Waals surface area contributed by atoms with E-state index in [1.54, 1.807) is 18.3 Å². The molecule has 5 rings (SSSR count). The third-order valence-electron chi connectivity index (χ3n) is 5.46. The Morgan fingerprint density at radius 2 is 2.21 bits per heavy atom. The summed E-state index contributed by atoms with van der Waals surface area (Å²) in [5, 5.41) is 13.7. The van der Waals surface area contributed by atoms with Gasteiger partial charge in [-0.25, -0.2) is 4.98 Å². The zero-order valence-corrected chi connectivity index (χ0v) is 15.4. The van der Waals surface area contributed by atoms with Crippen LogP contribution in [0.3, 0.4) is 0 Å². The largest absolute Gasteiger partial charge is 0.459 e. The quantitative estimate of drug-likeness (QED) is 0.673. The molecule has 2 N–H and O–H groups in total. The molecule has 0 fully saturated rings. The molecule has 1 atom stereocenters. The SMILES string of the molecule is O=C(/C=C/c1cnc2c(c1)CCC(O)N2)N1CCc2c(oc3ccccc23)C1. The van der Waals surface area contributed by atoms with Gasteiger partial charge in [0.05, 0.1) is 6.54 Å². The normalized spacial score (nSPS) is 18.8. The van der Waals surface area contributed by atoms with E-state index in [2.05, 4.69) is 16.4 Å². The minimum atomic E-state index is -0.537. The number of aliphatic hydroxyl groups is 1. The maximum Gasteiger partial charge on any atom is 0.246 e. The lowest BCUT2D eigenvalue weighted by Crippen LogP contribution is -2.34. The molecule has 0 saturated carbocycles. The van der Waals surface area contributed by atoms with Crippen molar-refractivity contribution in [3.8, 4) is 0 Å². The molecule has 0 radical (unpaired) electrons. The fourth-order valence-electron chi connectivity index (χ4n) is 3.97. The number of aryl methyl sites for hydroxylation is 1. The van der Waals surface area contributed by atoms with E-state index < -0.39 is 6.23 Å². The van der Waals surface area contributed by atoms with Gasteiger partial charge in [-0.1, -0.05) is 18.2 Å². The lowest BCUT2D eigenvalue weighted by Gasteiger charge is -2.25. The monoisotopic (exact) mass is 375 g/mol. The Morgan fingerprint density at radius 3 is 3.14 bits per heavy atom. The van der Waals surface area contributed by atoms with Gasteiger partial charge < -0.3 is 19.7 Å². The third kappa shape index (κ3) is 3.05. The van der Waals surface area contributed by atoms with Crippen LogP contribution in [0.15, 0.2) is 47.0 Å². The van der Waals surface area contributed by atoms with Gasteiger partial charge in [-0.05, 0) is 48.6 Å². The maximum atomic E-state index is 12.7. The zero-order chi connectivity index (χ0) is 19.1. The molecular weight excluding hydrogens is 354 g/mol. The lowest BCUT2D eigenvalue weighted by atomic mass is 10.0. The van der Waals surface area contributed by atoms with Crippen molar-refractivity contribution >= 4 is 28.8 Å². The number of benzene rings is 1. The van der Waals surface area contributed by atoms with Gasteiger partial charge in [0.15, 0.2) is 0 Å². The van der Waals surface area contributed by atoms with E-state index in [1.165, 1.54) is 5.56 Å². The summed E-state index contributed by atoms with van der Waals surface area (Å²) >= 11 is 0. The van der Waals surface area contributed by atoms with Gasteiger partial charge in [0.1, 0.15) is 23.4 Å². The number of carbonyl (C=O) groups is 1. The van der Waals surface area contributed by atoms with Gasteiger partial charge in [-0.2, -0.15) is 0 Å². The molecule has 28 heavy (non-hydrogen) atoms. The Labute approximate surface area is 162 Å². The molecule has 1 unspecified atom stereocenters. The van der Waals surface area contributed by atoms with Gasteiger partial charge >= 0.3 is 0 Å². The van der Waals surface area contributed by atoms with Gasteiger partial charge in [0.2, 0.25) is 5.91 Å². The topological polar surface area (TPSA) is 78.6 Å². The fraction of sp³-hybridized carbons (Fsp3) is 0.273. The fourth-order valence-corrected chi connectivity index (χ4v) is 3.97. The molecule has 6 nitrogen and oxygen atoms in total. The summed E-state index contributed by atoms with van der Waals surface area (Å²) in [4.78, 5) is 18.8. The van der Waals surface area contributed by atoms with Crippen LogP contribution in [0.5, 0.6) is 0 Å².